The Hall–Kier alpha value is -2.49. The number of Topliss-reactive ketones (excluding diaryl/α,β-unsaturated/α-hetero) is 1. The SMILES string of the molecule is COC[C@H](NC(=O)[C@@H]1[C@H]2CCC[C@H]2CN1C(=O)[C@@H](NC(=O)CC12CC3CC(CC(C3)C1)C2)C(C)(C)C)C(=O)C(=O)NC1CC1. The van der Waals surface area contributed by atoms with Crippen molar-refractivity contribution in [3.63, 3.8) is 0 Å². The molecule has 7 fully saturated rings. The van der Waals surface area contributed by atoms with Crippen molar-refractivity contribution in [2.24, 2.45) is 40.4 Å². The number of hydrogen-bond acceptors (Lipinski definition) is 6. The maximum Gasteiger partial charge on any atom is 0.289 e. The van der Waals surface area contributed by atoms with Crippen LogP contribution in [0.4, 0.5) is 0 Å². The molecular weight excluding hydrogens is 560 g/mol. The second-order valence-corrected chi connectivity index (χ2v) is 16.4. The molecule has 0 spiro atoms. The lowest BCUT2D eigenvalue weighted by Crippen LogP contribution is -2.60. The van der Waals surface area contributed by atoms with E-state index in [1.54, 1.807) is 4.90 Å². The summed E-state index contributed by atoms with van der Waals surface area (Å²) in [6.45, 7) is 6.18. The maximum atomic E-state index is 14.4. The van der Waals surface area contributed by atoms with Crippen LogP contribution in [-0.4, -0.2) is 78.7 Å². The van der Waals surface area contributed by atoms with Crippen LogP contribution >= 0.6 is 0 Å². The van der Waals surface area contributed by atoms with Gasteiger partial charge in [-0.15, -0.1) is 0 Å². The monoisotopic (exact) mass is 612 g/mol. The third-order valence-corrected chi connectivity index (χ3v) is 11.7. The summed E-state index contributed by atoms with van der Waals surface area (Å²) in [4.78, 5) is 69.2. The fourth-order valence-electron chi connectivity index (χ4n) is 9.99. The van der Waals surface area contributed by atoms with Crippen LogP contribution in [0.1, 0.15) is 97.8 Å². The molecule has 4 bridgehead atoms. The molecule has 7 aliphatic rings. The minimum absolute atomic E-state index is 0.0139. The number of likely N-dealkylation sites (tertiary alicyclic amines) is 1. The molecule has 0 aromatic rings. The van der Waals surface area contributed by atoms with Crippen molar-refractivity contribution in [3.05, 3.63) is 0 Å². The van der Waals surface area contributed by atoms with Gasteiger partial charge >= 0.3 is 0 Å². The number of hydrogen-bond donors (Lipinski definition) is 3. The molecule has 5 atom stereocenters. The number of fused-ring (bicyclic) bond motifs is 1. The molecule has 7 rings (SSSR count). The Morgan fingerprint density at radius 2 is 1.55 bits per heavy atom. The predicted molar refractivity (Wildman–Crippen MR) is 163 cm³/mol. The lowest BCUT2D eigenvalue weighted by atomic mass is 9.49. The van der Waals surface area contributed by atoms with Crippen molar-refractivity contribution in [3.8, 4) is 0 Å². The number of methoxy groups -OCH3 is 1. The summed E-state index contributed by atoms with van der Waals surface area (Å²) in [7, 11) is 1.42. The van der Waals surface area contributed by atoms with Crippen molar-refractivity contribution in [2.75, 3.05) is 20.3 Å². The van der Waals surface area contributed by atoms with Crippen molar-refractivity contribution < 1.29 is 28.7 Å². The normalized spacial score (nSPS) is 35.1. The van der Waals surface area contributed by atoms with E-state index < -0.39 is 41.1 Å². The molecule has 44 heavy (non-hydrogen) atoms. The molecule has 3 N–H and O–H groups in total. The molecule has 0 aromatic carbocycles. The van der Waals surface area contributed by atoms with Crippen LogP contribution in [0.25, 0.3) is 0 Å². The number of ketones is 1. The Balaban J connectivity index is 1.16. The highest BCUT2D eigenvalue weighted by atomic mass is 16.5. The fourth-order valence-corrected chi connectivity index (χ4v) is 9.99. The van der Waals surface area contributed by atoms with Crippen LogP contribution in [0.5, 0.6) is 0 Å². The quantitative estimate of drug-likeness (QED) is 0.307. The summed E-state index contributed by atoms with van der Waals surface area (Å²) in [5.74, 6) is 0.185. The molecule has 4 amide bonds. The van der Waals surface area contributed by atoms with Crippen LogP contribution < -0.4 is 16.0 Å². The summed E-state index contributed by atoms with van der Waals surface area (Å²) in [5, 5.41) is 8.64. The fraction of sp³-hybridized carbons (Fsp3) is 0.853. The summed E-state index contributed by atoms with van der Waals surface area (Å²) < 4.78 is 5.20. The molecule has 10 nitrogen and oxygen atoms in total. The average molecular weight is 613 g/mol. The Kier molecular flexibility index (Phi) is 8.61. The van der Waals surface area contributed by atoms with Gasteiger partial charge in [0.2, 0.25) is 23.5 Å². The van der Waals surface area contributed by atoms with Crippen molar-refractivity contribution >= 4 is 29.4 Å². The number of amides is 4. The molecular formula is C34H52N4O6. The summed E-state index contributed by atoms with van der Waals surface area (Å²) >= 11 is 0. The average Bonchev–Trinajstić information content (AvgIpc) is 3.49. The molecule has 0 unspecified atom stereocenters. The Morgan fingerprint density at radius 3 is 2.11 bits per heavy atom. The molecule has 244 valence electrons. The van der Waals surface area contributed by atoms with E-state index in [2.05, 4.69) is 16.0 Å². The van der Waals surface area contributed by atoms with Gasteiger partial charge in [0.05, 0.1) is 6.61 Å². The molecule has 0 radical (unpaired) electrons. The van der Waals surface area contributed by atoms with E-state index in [4.69, 9.17) is 4.74 Å². The van der Waals surface area contributed by atoms with E-state index in [0.717, 1.165) is 69.1 Å². The molecule has 6 saturated carbocycles. The van der Waals surface area contributed by atoms with Gasteiger partial charge in [0, 0.05) is 26.1 Å². The van der Waals surface area contributed by atoms with Crippen molar-refractivity contribution in [1.82, 2.24) is 20.9 Å². The van der Waals surface area contributed by atoms with Crippen LogP contribution in [-0.2, 0) is 28.7 Å². The topological polar surface area (TPSA) is 134 Å². The van der Waals surface area contributed by atoms with E-state index in [-0.39, 0.29) is 41.7 Å². The number of ether oxygens (including phenoxy) is 1. The van der Waals surface area contributed by atoms with Gasteiger partial charge in [0.1, 0.15) is 18.1 Å². The van der Waals surface area contributed by atoms with E-state index in [1.807, 2.05) is 20.8 Å². The van der Waals surface area contributed by atoms with Crippen LogP contribution in [0, 0.1) is 40.4 Å². The van der Waals surface area contributed by atoms with Crippen LogP contribution in [0.3, 0.4) is 0 Å². The molecule has 6 aliphatic carbocycles. The molecule has 0 aromatic heterocycles. The van der Waals surface area contributed by atoms with E-state index >= 15 is 0 Å². The molecule has 1 heterocycles. The Morgan fingerprint density at radius 1 is 0.909 bits per heavy atom. The van der Waals surface area contributed by atoms with Gasteiger partial charge in [-0.3, -0.25) is 24.0 Å². The zero-order valence-electron chi connectivity index (χ0n) is 27.0. The summed E-state index contributed by atoms with van der Waals surface area (Å²) in [5.41, 5.74) is -0.505. The van der Waals surface area contributed by atoms with Crippen molar-refractivity contribution in [2.45, 2.75) is 122 Å². The number of nitrogens with one attached hydrogen (secondary N) is 3. The third-order valence-electron chi connectivity index (χ3n) is 11.7. The highest BCUT2D eigenvalue weighted by molar-refractivity contribution is 6.38. The first kappa shape index (κ1) is 31.5. The second kappa shape index (κ2) is 12.0. The van der Waals surface area contributed by atoms with E-state index in [9.17, 15) is 24.0 Å². The first-order chi connectivity index (χ1) is 20.9. The van der Waals surface area contributed by atoms with Crippen LogP contribution in [0.2, 0.25) is 0 Å². The Bertz CT molecular complexity index is 1140. The highest BCUT2D eigenvalue weighted by Crippen LogP contribution is 2.61. The van der Waals surface area contributed by atoms with Crippen molar-refractivity contribution in [1.29, 1.82) is 0 Å². The Labute approximate surface area is 261 Å². The minimum Gasteiger partial charge on any atom is -0.382 e. The van der Waals surface area contributed by atoms with E-state index in [0.29, 0.717) is 13.0 Å². The first-order valence-electron chi connectivity index (χ1n) is 17.1. The lowest BCUT2D eigenvalue weighted by molar-refractivity contribution is -0.147. The number of carbonyl (C=O) groups excluding carboxylic acids is 5. The minimum atomic E-state index is -1.14. The highest BCUT2D eigenvalue weighted by Gasteiger charge is 2.54. The van der Waals surface area contributed by atoms with Gasteiger partial charge in [-0.25, -0.2) is 0 Å². The summed E-state index contributed by atoms with van der Waals surface area (Å²) in [6, 6.07) is -2.67. The van der Waals surface area contributed by atoms with Gasteiger partial charge in [-0.1, -0.05) is 27.2 Å². The van der Waals surface area contributed by atoms with Gasteiger partial charge in [0.25, 0.3) is 5.91 Å². The van der Waals surface area contributed by atoms with Gasteiger partial charge in [0.15, 0.2) is 0 Å². The first-order valence-corrected chi connectivity index (χ1v) is 17.1. The number of nitrogens with zero attached hydrogens (tertiary/aromatic N) is 1. The zero-order chi connectivity index (χ0) is 31.4. The smallest absolute Gasteiger partial charge is 0.289 e. The lowest BCUT2D eigenvalue weighted by Gasteiger charge is -2.56. The van der Waals surface area contributed by atoms with E-state index in [1.165, 1.54) is 26.4 Å². The maximum absolute atomic E-state index is 14.4. The molecule has 10 heteroatoms. The predicted octanol–water partition coefficient (Wildman–Crippen LogP) is 2.73. The number of carbonyl (C=O) groups is 5. The molecule has 1 aliphatic heterocycles. The molecule has 1 saturated heterocycles. The summed E-state index contributed by atoms with van der Waals surface area (Å²) in [6.07, 6.45) is 12.2. The van der Waals surface area contributed by atoms with Gasteiger partial charge in [-0.2, -0.15) is 0 Å². The zero-order valence-corrected chi connectivity index (χ0v) is 27.0. The number of rotatable bonds is 11. The standard InChI is InChI=1S/C34H52N4O6/c1-33(2,3)29(37-26(39)16-34-13-19-10-20(14-34)12-21(11-19)15-34)32(43)38-17-22-6-5-7-24(22)27(38)30(41)36-25(18-44-4)28(40)31(42)35-23-8-9-23/h19-25,27,29H,5-18H2,1-4H3,(H,35,42)(H,36,41)(H,37,39)/t19?,20?,21?,22-,24-,25-,27-,29+,34?/m0/s1. The van der Waals surface area contributed by atoms with Gasteiger partial charge < -0.3 is 25.6 Å². The van der Waals surface area contributed by atoms with Gasteiger partial charge in [-0.05, 0) is 105 Å². The third kappa shape index (κ3) is 6.42. The van der Waals surface area contributed by atoms with Crippen LogP contribution in [0.15, 0.2) is 0 Å². The second-order valence-electron chi connectivity index (χ2n) is 16.4. The largest absolute Gasteiger partial charge is 0.382 e.